The van der Waals surface area contributed by atoms with E-state index in [1.54, 1.807) is 6.07 Å². The molecule has 19 heavy (non-hydrogen) atoms. The van der Waals surface area contributed by atoms with Crippen LogP contribution in [0.1, 0.15) is 22.8 Å². The molecule has 2 aromatic rings. The number of aliphatic hydroxyl groups is 1. The highest BCUT2D eigenvalue weighted by atomic mass is 32.2. The van der Waals surface area contributed by atoms with Crippen molar-refractivity contribution < 1.29 is 9.50 Å². The van der Waals surface area contributed by atoms with Gasteiger partial charge in [-0.2, -0.15) is 0 Å². The molecule has 1 atom stereocenters. The van der Waals surface area contributed by atoms with Crippen molar-refractivity contribution in [1.82, 2.24) is 0 Å². The van der Waals surface area contributed by atoms with E-state index in [9.17, 15) is 9.50 Å². The van der Waals surface area contributed by atoms with Gasteiger partial charge in [0.05, 0.1) is 6.10 Å². The third-order valence-corrected chi connectivity index (χ3v) is 4.19. The molecule has 2 aromatic carbocycles. The highest BCUT2D eigenvalue weighted by Gasteiger charge is 2.09. The van der Waals surface area contributed by atoms with Gasteiger partial charge in [0.2, 0.25) is 0 Å². The predicted molar refractivity (Wildman–Crippen MR) is 78.0 cm³/mol. The number of halogens is 1. The molecule has 0 heterocycles. The van der Waals surface area contributed by atoms with Crippen molar-refractivity contribution in [2.24, 2.45) is 0 Å². The monoisotopic (exact) mass is 276 g/mol. The first-order valence-electron chi connectivity index (χ1n) is 6.20. The van der Waals surface area contributed by atoms with Gasteiger partial charge < -0.3 is 5.11 Å². The molecule has 0 radical (unpaired) electrons. The zero-order valence-corrected chi connectivity index (χ0v) is 11.9. The summed E-state index contributed by atoms with van der Waals surface area (Å²) in [5, 5.41) is 10.2. The second-order valence-electron chi connectivity index (χ2n) is 4.63. The molecule has 0 bridgehead atoms. The summed E-state index contributed by atoms with van der Waals surface area (Å²) >= 11 is 1.46. The second kappa shape index (κ2) is 6.22. The van der Waals surface area contributed by atoms with Crippen molar-refractivity contribution in [3.63, 3.8) is 0 Å². The quantitative estimate of drug-likeness (QED) is 0.842. The van der Waals surface area contributed by atoms with Gasteiger partial charge in [0.1, 0.15) is 5.82 Å². The van der Waals surface area contributed by atoms with E-state index in [1.807, 2.05) is 38.1 Å². The van der Waals surface area contributed by atoms with E-state index < -0.39 is 6.10 Å². The summed E-state index contributed by atoms with van der Waals surface area (Å²) in [6.07, 6.45) is -0.535. The summed E-state index contributed by atoms with van der Waals surface area (Å²) in [6.45, 7) is 4.08. The van der Waals surface area contributed by atoms with Gasteiger partial charge >= 0.3 is 0 Å². The van der Waals surface area contributed by atoms with Crippen LogP contribution in [0.15, 0.2) is 47.4 Å². The standard InChI is InChI=1S/C16H17FOS/c1-11-6-7-13(8-12(11)2)16(18)10-19-15-5-3-4-14(17)9-15/h3-9,16,18H,10H2,1-2H3. The zero-order valence-electron chi connectivity index (χ0n) is 11.1. The highest BCUT2D eigenvalue weighted by Crippen LogP contribution is 2.26. The average molecular weight is 276 g/mol. The molecule has 2 rings (SSSR count). The molecule has 0 aromatic heterocycles. The van der Waals surface area contributed by atoms with Crippen molar-refractivity contribution in [3.05, 3.63) is 65.0 Å². The number of aryl methyl sites for hydroxylation is 2. The SMILES string of the molecule is Cc1ccc(C(O)CSc2cccc(F)c2)cc1C. The molecule has 0 fully saturated rings. The Bertz CT molecular complexity index is 568. The Kier molecular flexibility index (Phi) is 4.61. The molecule has 0 aliphatic carbocycles. The Hall–Kier alpha value is -1.32. The number of aliphatic hydroxyl groups excluding tert-OH is 1. The number of hydrogen-bond acceptors (Lipinski definition) is 2. The topological polar surface area (TPSA) is 20.2 Å². The van der Waals surface area contributed by atoms with Crippen molar-refractivity contribution >= 4 is 11.8 Å². The minimum absolute atomic E-state index is 0.245. The molecule has 100 valence electrons. The van der Waals surface area contributed by atoms with Gasteiger partial charge in [-0.25, -0.2) is 4.39 Å². The van der Waals surface area contributed by atoms with Crippen LogP contribution in [0.25, 0.3) is 0 Å². The third-order valence-electron chi connectivity index (χ3n) is 3.12. The van der Waals surface area contributed by atoms with Crippen LogP contribution in [0.5, 0.6) is 0 Å². The zero-order chi connectivity index (χ0) is 13.8. The minimum Gasteiger partial charge on any atom is -0.388 e. The maximum Gasteiger partial charge on any atom is 0.124 e. The van der Waals surface area contributed by atoms with E-state index in [-0.39, 0.29) is 5.82 Å². The fourth-order valence-corrected chi connectivity index (χ4v) is 2.71. The van der Waals surface area contributed by atoms with E-state index in [0.717, 1.165) is 10.5 Å². The normalized spacial score (nSPS) is 12.4. The largest absolute Gasteiger partial charge is 0.388 e. The van der Waals surface area contributed by atoms with Crippen LogP contribution < -0.4 is 0 Å². The maximum atomic E-state index is 13.0. The summed E-state index contributed by atoms with van der Waals surface area (Å²) in [4.78, 5) is 0.836. The molecule has 3 heteroatoms. The molecule has 1 unspecified atom stereocenters. The smallest absolute Gasteiger partial charge is 0.124 e. The number of hydrogen-bond donors (Lipinski definition) is 1. The maximum absolute atomic E-state index is 13.0. The Labute approximate surface area is 117 Å². The first-order chi connectivity index (χ1) is 9.06. The molecule has 0 aliphatic rings. The number of rotatable bonds is 4. The molecule has 0 saturated heterocycles. The number of benzene rings is 2. The van der Waals surface area contributed by atoms with E-state index >= 15 is 0 Å². The third kappa shape index (κ3) is 3.82. The second-order valence-corrected chi connectivity index (χ2v) is 5.72. The Morgan fingerprint density at radius 3 is 2.58 bits per heavy atom. The van der Waals surface area contributed by atoms with E-state index in [1.165, 1.54) is 35.0 Å². The Morgan fingerprint density at radius 1 is 1.11 bits per heavy atom. The van der Waals surface area contributed by atoms with Gasteiger partial charge in [0.15, 0.2) is 0 Å². The molecular weight excluding hydrogens is 259 g/mol. The van der Waals surface area contributed by atoms with E-state index in [4.69, 9.17) is 0 Å². The van der Waals surface area contributed by atoms with Crippen molar-refractivity contribution in [2.45, 2.75) is 24.8 Å². The van der Waals surface area contributed by atoms with Crippen LogP contribution in [0.4, 0.5) is 4.39 Å². The average Bonchev–Trinajstić information content (AvgIpc) is 2.39. The molecular formula is C16H17FOS. The molecule has 0 aliphatic heterocycles. The summed E-state index contributed by atoms with van der Waals surface area (Å²) in [7, 11) is 0. The van der Waals surface area contributed by atoms with Crippen LogP contribution in [0.3, 0.4) is 0 Å². The van der Waals surface area contributed by atoms with Crippen molar-refractivity contribution in [1.29, 1.82) is 0 Å². The fraction of sp³-hybridized carbons (Fsp3) is 0.250. The van der Waals surface area contributed by atoms with E-state index in [0.29, 0.717) is 5.75 Å². The van der Waals surface area contributed by atoms with Crippen LogP contribution in [-0.4, -0.2) is 10.9 Å². The molecule has 0 saturated carbocycles. The number of thioether (sulfide) groups is 1. The summed E-state index contributed by atoms with van der Waals surface area (Å²) in [5.41, 5.74) is 3.30. The first-order valence-corrected chi connectivity index (χ1v) is 7.18. The molecule has 0 spiro atoms. The lowest BCUT2D eigenvalue weighted by atomic mass is 10.0. The van der Waals surface area contributed by atoms with Gasteiger partial charge in [-0.1, -0.05) is 24.3 Å². The van der Waals surface area contributed by atoms with Crippen molar-refractivity contribution in [3.8, 4) is 0 Å². The predicted octanol–water partition coefficient (Wildman–Crippen LogP) is 4.27. The van der Waals surface area contributed by atoms with Gasteiger partial charge in [-0.3, -0.25) is 0 Å². The first kappa shape index (κ1) is 14.1. The molecule has 1 nitrogen and oxygen atoms in total. The van der Waals surface area contributed by atoms with Crippen LogP contribution in [-0.2, 0) is 0 Å². The van der Waals surface area contributed by atoms with Gasteiger partial charge in [0, 0.05) is 10.6 Å². The van der Waals surface area contributed by atoms with Gasteiger partial charge in [0.25, 0.3) is 0 Å². The Balaban J connectivity index is 2.01. The Morgan fingerprint density at radius 2 is 1.89 bits per heavy atom. The van der Waals surface area contributed by atoms with Gasteiger partial charge in [-0.05, 0) is 48.7 Å². The van der Waals surface area contributed by atoms with Crippen molar-refractivity contribution in [2.75, 3.05) is 5.75 Å². The lowest BCUT2D eigenvalue weighted by Gasteiger charge is -2.12. The van der Waals surface area contributed by atoms with Crippen LogP contribution >= 0.6 is 11.8 Å². The van der Waals surface area contributed by atoms with Crippen LogP contribution in [0, 0.1) is 19.7 Å². The minimum atomic E-state index is -0.535. The fourth-order valence-electron chi connectivity index (χ4n) is 1.80. The van der Waals surface area contributed by atoms with Gasteiger partial charge in [-0.15, -0.1) is 11.8 Å². The highest BCUT2D eigenvalue weighted by molar-refractivity contribution is 7.99. The lowest BCUT2D eigenvalue weighted by Crippen LogP contribution is -2.01. The lowest BCUT2D eigenvalue weighted by molar-refractivity contribution is 0.204. The molecule has 1 N–H and O–H groups in total. The molecule has 0 amide bonds. The summed E-state index contributed by atoms with van der Waals surface area (Å²) in [5.74, 6) is 0.275. The summed E-state index contributed by atoms with van der Waals surface area (Å²) in [6, 6.07) is 12.4. The summed E-state index contributed by atoms with van der Waals surface area (Å²) < 4.78 is 13.0. The van der Waals surface area contributed by atoms with E-state index in [2.05, 4.69) is 0 Å². The van der Waals surface area contributed by atoms with Crippen LogP contribution in [0.2, 0.25) is 0 Å².